The van der Waals surface area contributed by atoms with Gasteiger partial charge in [0.25, 0.3) is 0 Å². The average molecular weight is 595 g/mol. The number of hydrogen-bond acceptors (Lipinski definition) is 6. The minimum atomic E-state index is -1.02. The van der Waals surface area contributed by atoms with Crippen LogP contribution in [-0.2, 0) is 28.7 Å². The first-order valence-electron chi connectivity index (χ1n) is 16.1. The molecule has 2 fully saturated rings. The lowest BCUT2D eigenvalue weighted by molar-refractivity contribution is -0.160. The van der Waals surface area contributed by atoms with Gasteiger partial charge in [-0.15, -0.1) is 0 Å². The van der Waals surface area contributed by atoms with Crippen molar-refractivity contribution in [2.45, 2.75) is 162 Å². The smallest absolute Gasteiger partial charge is 0.331 e. The second kappa shape index (κ2) is 19.0. The number of esters is 2. The number of carbonyl (C=O) groups is 4. The van der Waals surface area contributed by atoms with Crippen LogP contribution in [0.3, 0.4) is 0 Å². The molecule has 0 aliphatic heterocycles. The zero-order valence-corrected chi connectivity index (χ0v) is 27.2. The van der Waals surface area contributed by atoms with Gasteiger partial charge in [-0.1, -0.05) is 83.1 Å². The fourth-order valence-corrected chi connectivity index (χ4v) is 5.76. The van der Waals surface area contributed by atoms with Gasteiger partial charge in [0.05, 0.1) is 18.8 Å². The van der Waals surface area contributed by atoms with E-state index in [-0.39, 0.29) is 18.4 Å². The van der Waals surface area contributed by atoms with Crippen molar-refractivity contribution >= 4 is 23.9 Å². The molecule has 42 heavy (non-hydrogen) atoms. The average Bonchev–Trinajstić information content (AvgIpc) is 2.87. The Labute approximate surface area is 254 Å². The Hall–Kier alpha value is -2.38. The maximum atomic E-state index is 11.8. The minimum absolute atomic E-state index is 0.0166. The topological polar surface area (TPSA) is 127 Å². The monoisotopic (exact) mass is 594 g/mol. The standard InChI is InChI=1S/C17H30O4.C17H28O4/c2*1-17(2,3)21-15(18)12-14(16(19)20)11-7-10-13-8-5-4-6-9-13/h13-14H,4-12H2,1-3H3,(H,19,20);11,13H,4-10,12H2,1-3H3,(H,19,20)/b;14-11+/t14-;/m1./s1. The van der Waals surface area contributed by atoms with E-state index < -0.39 is 41.0 Å². The van der Waals surface area contributed by atoms with E-state index in [9.17, 15) is 29.4 Å². The van der Waals surface area contributed by atoms with E-state index in [0.717, 1.165) is 31.6 Å². The van der Waals surface area contributed by atoms with Crippen LogP contribution in [0.15, 0.2) is 11.6 Å². The minimum Gasteiger partial charge on any atom is -0.481 e. The molecule has 242 valence electrons. The summed E-state index contributed by atoms with van der Waals surface area (Å²) < 4.78 is 10.4. The first kappa shape index (κ1) is 37.6. The van der Waals surface area contributed by atoms with E-state index in [4.69, 9.17) is 9.47 Å². The molecule has 2 aliphatic carbocycles. The van der Waals surface area contributed by atoms with Crippen molar-refractivity contribution in [3.8, 4) is 0 Å². The van der Waals surface area contributed by atoms with Gasteiger partial charge in [-0.3, -0.25) is 14.4 Å². The Bertz CT molecular complexity index is 865. The number of rotatable bonds is 13. The number of allylic oxidation sites excluding steroid dienone is 1. The molecule has 2 rings (SSSR count). The first-order chi connectivity index (χ1) is 19.6. The summed E-state index contributed by atoms with van der Waals surface area (Å²) in [7, 11) is 0. The summed E-state index contributed by atoms with van der Waals surface area (Å²) >= 11 is 0. The fraction of sp³-hybridized carbons (Fsp3) is 0.824. The molecule has 0 saturated heterocycles. The van der Waals surface area contributed by atoms with Crippen LogP contribution in [0.5, 0.6) is 0 Å². The van der Waals surface area contributed by atoms with Gasteiger partial charge in [0.1, 0.15) is 11.2 Å². The van der Waals surface area contributed by atoms with E-state index in [2.05, 4.69) is 0 Å². The summed E-state index contributed by atoms with van der Waals surface area (Å²) in [5.41, 5.74) is -0.981. The van der Waals surface area contributed by atoms with Crippen LogP contribution >= 0.6 is 0 Å². The molecule has 0 radical (unpaired) electrons. The van der Waals surface area contributed by atoms with Gasteiger partial charge in [-0.2, -0.15) is 0 Å². The molecule has 0 aromatic heterocycles. The van der Waals surface area contributed by atoms with E-state index in [1.54, 1.807) is 47.6 Å². The van der Waals surface area contributed by atoms with Crippen molar-refractivity contribution in [2.75, 3.05) is 0 Å². The second-order valence-corrected chi connectivity index (χ2v) is 14.1. The Balaban J connectivity index is 0.000000420. The molecule has 8 heteroatoms. The second-order valence-electron chi connectivity index (χ2n) is 14.1. The molecule has 0 aromatic rings. The van der Waals surface area contributed by atoms with Crippen molar-refractivity contribution in [2.24, 2.45) is 17.8 Å². The van der Waals surface area contributed by atoms with Crippen molar-refractivity contribution < 1.29 is 38.9 Å². The van der Waals surface area contributed by atoms with Gasteiger partial charge in [-0.25, -0.2) is 4.79 Å². The van der Waals surface area contributed by atoms with Crippen LogP contribution in [0.4, 0.5) is 0 Å². The van der Waals surface area contributed by atoms with Crippen molar-refractivity contribution in [1.29, 1.82) is 0 Å². The lowest BCUT2D eigenvalue weighted by Gasteiger charge is -2.23. The highest BCUT2D eigenvalue weighted by molar-refractivity contribution is 5.92. The third-order valence-electron chi connectivity index (χ3n) is 7.79. The van der Waals surface area contributed by atoms with E-state index >= 15 is 0 Å². The SMILES string of the molecule is CC(C)(C)OC(=O)C/C(=C\CCC1CCCCC1)C(=O)O.CC(C)(C)OC(=O)C[C@@H](CCCC1CCCCC1)C(=O)O. The van der Waals surface area contributed by atoms with Gasteiger partial charge >= 0.3 is 23.9 Å². The number of hydrogen-bond donors (Lipinski definition) is 2. The molecule has 0 heterocycles. The van der Waals surface area contributed by atoms with Crippen LogP contribution in [0.2, 0.25) is 0 Å². The Kier molecular flexibility index (Phi) is 17.0. The van der Waals surface area contributed by atoms with Crippen molar-refractivity contribution in [1.82, 2.24) is 0 Å². The maximum Gasteiger partial charge on any atom is 0.331 e. The summed E-state index contributed by atoms with van der Waals surface area (Å²) in [5, 5.41) is 18.4. The zero-order chi connectivity index (χ0) is 31.8. The highest BCUT2D eigenvalue weighted by Crippen LogP contribution is 2.29. The molecule has 0 amide bonds. The fourth-order valence-electron chi connectivity index (χ4n) is 5.76. The molecule has 2 saturated carbocycles. The summed E-state index contributed by atoms with van der Waals surface area (Å²) in [6, 6.07) is 0. The number of carboxylic acids is 2. The molecule has 1 atom stereocenters. The molecule has 0 unspecified atom stereocenters. The lowest BCUT2D eigenvalue weighted by Crippen LogP contribution is -2.27. The van der Waals surface area contributed by atoms with Crippen molar-refractivity contribution in [3.63, 3.8) is 0 Å². The van der Waals surface area contributed by atoms with Crippen LogP contribution in [0.1, 0.15) is 151 Å². The number of aliphatic carboxylic acids is 2. The van der Waals surface area contributed by atoms with Crippen molar-refractivity contribution in [3.05, 3.63) is 11.6 Å². The predicted molar refractivity (Wildman–Crippen MR) is 164 cm³/mol. The Morgan fingerprint density at radius 3 is 1.67 bits per heavy atom. The third-order valence-corrected chi connectivity index (χ3v) is 7.79. The van der Waals surface area contributed by atoms with Crippen LogP contribution in [0.25, 0.3) is 0 Å². The molecule has 2 N–H and O–H groups in total. The highest BCUT2D eigenvalue weighted by Gasteiger charge is 2.25. The predicted octanol–water partition coefficient (Wildman–Crippen LogP) is 8.26. The molecule has 0 aromatic carbocycles. The van der Waals surface area contributed by atoms with Crippen LogP contribution < -0.4 is 0 Å². The van der Waals surface area contributed by atoms with Gasteiger partial charge < -0.3 is 19.7 Å². The number of ether oxygens (including phenoxy) is 2. The molecule has 2 aliphatic rings. The van der Waals surface area contributed by atoms with Crippen LogP contribution in [0, 0.1) is 17.8 Å². The molecule has 0 spiro atoms. The highest BCUT2D eigenvalue weighted by atomic mass is 16.6. The first-order valence-corrected chi connectivity index (χ1v) is 16.1. The normalized spacial score (nSPS) is 17.9. The van der Waals surface area contributed by atoms with Gasteiger partial charge in [-0.05, 0) is 72.6 Å². The largest absolute Gasteiger partial charge is 0.481 e. The zero-order valence-electron chi connectivity index (χ0n) is 27.2. The summed E-state index contributed by atoms with van der Waals surface area (Å²) in [4.78, 5) is 45.9. The summed E-state index contributed by atoms with van der Waals surface area (Å²) in [6.45, 7) is 10.7. The molecule has 8 nitrogen and oxygen atoms in total. The Morgan fingerprint density at radius 2 is 1.21 bits per heavy atom. The summed E-state index contributed by atoms with van der Waals surface area (Å²) in [5.74, 6) is -1.93. The van der Waals surface area contributed by atoms with E-state index in [1.165, 1.54) is 64.2 Å². The quantitative estimate of drug-likeness (QED) is 0.161. The number of carboxylic acid groups (broad SMARTS) is 2. The molecular formula is C34H58O8. The molecule has 0 bridgehead atoms. The number of carbonyl (C=O) groups excluding carboxylic acids is 2. The van der Waals surface area contributed by atoms with E-state index in [0.29, 0.717) is 12.3 Å². The van der Waals surface area contributed by atoms with Crippen LogP contribution in [-0.4, -0.2) is 45.3 Å². The van der Waals surface area contributed by atoms with Gasteiger partial charge in [0.2, 0.25) is 0 Å². The van der Waals surface area contributed by atoms with Gasteiger partial charge in [0, 0.05) is 5.57 Å². The lowest BCUT2D eigenvalue weighted by atomic mass is 9.84. The van der Waals surface area contributed by atoms with E-state index in [1.807, 2.05) is 0 Å². The summed E-state index contributed by atoms with van der Waals surface area (Å²) in [6.07, 6.45) is 18.8. The Morgan fingerprint density at radius 1 is 0.738 bits per heavy atom. The van der Waals surface area contributed by atoms with Gasteiger partial charge in [0.15, 0.2) is 0 Å². The third kappa shape index (κ3) is 18.9. The maximum absolute atomic E-state index is 11.8. The molecular weight excluding hydrogens is 536 g/mol.